The molecule has 2 rings (SSSR count). The van der Waals surface area contributed by atoms with Gasteiger partial charge in [0.15, 0.2) is 0 Å². The molecule has 0 spiro atoms. The Labute approximate surface area is 103 Å². The van der Waals surface area contributed by atoms with Crippen LogP contribution in [0.4, 0.5) is 5.82 Å². The molecule has 1 aliphatic heterocycles. The van der Waals surface area contributed by atoms with Crippen molar-refractivity contribution in [3.05, 3.63) is 23.9 Å². The van der Waals surface area contributed by atoms with Crippen LogP contribution in [0.15, 0.2) is 18.3 Å². The minimum absolute atomic E-state index is 0.434. The molecule has 1 aliphatic rings. The number of aliphatic hydroxyl groups excluding tert-OH is 1. The van der Waals surface area contributed by atoms with E-state index in [1.54, 1.807) is 13.1 Å². The Morgan fingerprint density at radius 1 is 1.35 bits per heavy atom. The standard InChI is InChI=1S/C14H22N2O/c1-10(2)13-5-4-8-16(13)14-7-6-12(9-15-14)11(3)17/h6-7,9-11,13,17H,4-5,8H2,1-3H3/t11-,13?/m0/s1. The maximum Gasteiger partial charge on any atom is 0.128 e. The third-order valence-corrected chi connectivity index (χ3v) is 3.62. The van der Waals surface area contributed by atoms with Gasteiger partial charge in [-0.15, -0.1) is 0 Å². The average Bonchev–Trinajstić information content (AvgIpc) is 2.78. The normalized spacial score (nSPS) is 22.2. The summed E-state index contributed by atoms with van der Waals surface area (Å²) in [5.74, 6) is 1.71. The number of nitrogens with zero attached hydrogens (tertiary/aromatic N) is 2. The third kappa shape index (κ3) is 2.60. The summed E-state index contributed by atoms with van der Waals surface area (Å²) in [4.78, 5) is 6.88. The molecule has 2 atom stereocenters. The van der Waals surface area contributed by atoms with E-state index in [1.807, 2.05) is 12.1 Å². The van der Waals surface area contributed by atoms with E-state index in [4.69, 9.17) is 0 Å². The Kier molecular flexibility index (Phi) is 3.67. The molecule has 1 aromatic rings. The maximum absolute atomic E-state index is 9.47. The van der Waals surface area contributed by atoms with Gasteiger partial charge in [0, 0.05) is 18.8 Å². The molecule has 1 N–H and O–H groups in total. The molecule has 0 saturated carbocycles. The second-order valence-corrected chi connectivity index (χ2v) is 5.27. The van der Waals surface area contributed by atoms with Crippen LogP contribution >= 0.6 is 0 Å². The van der Waals surface area contributed by atoms with Crippen molar-refractivity contribution < 1.29 is 5.11 Å². The van der Waals surface area contributed by atoms with Gasteiger partial charge in [-0.1, -0.05) is 19.9 Å². The zero-order valence-electron chi connectivity index (χ0n) is 10.9. The first-order valence-electron chi connectivity index (χ1n) is 6.50. The highest BCUT2D eigenvalue weighted by Gasteiger charge is 2.27. The summed E-state index contributed by atoms with van der Waals surface area (Å²) in [6.07, 6.45) is 3.87. The highest BCUT2D eigenvalue weighted by atomic mass is 16.3. The SMILES string of the molecule is CC(C)C1CCCN1c1ccc([C@H](C)O)cn1. The first-order chi connectivity index (χ1) is 8.09. The highest BCUT2D eigenvalue weighted by Crippen LogP contribution is 2.28. The van der Waals surface area contributed by atoms with Crippen LogP contribution in [0, 0.1) is 5.92 Å². The smallest absolute Gasteiger partial charge is 0.128 e. The van der Waals surface area contributed by atoms with Gasteiger partial charge in [0.1, 0.15) is 5.82 Å². The summed E-state index contributed by atoms with van der Waals surface area (Å²) >= 11 is 0. The van der Waals surface area contributed by atoms with Crippen LogP contribution < -0.4 is 4.90 Å². The van der Waals surface area contributed by atoms with Crippen molar-refractivity contribution in [2.24, 2.45) is 5.92 Å². The highest BCUT2D eigenvalue weighted by molar-refractivity contribution is 5.42. The lowest BCUT2D eigenvalue weighted by atomic mass is 10.0. The summed E-state index contributed by atoms with van der Waals surface area (Å²) in [6.45, 7) is 7.41. The Bertz CT molecular complexity index is 359. The fraction of sp³-hybridized carbons (Fsp3) is 0.643. The predicted molar refractivity (Wildman–Crippen MR) is 70.1 cm³/mol. The molecule has 0 aliphatic carbocycles. The van der Waals surface area contributed by atoms with Gasteiger partial charge in [-0.05, 0) is 37.3 Å². The number of anilines is 1. The minimum Gasteiger partial charge on any atom is -0.389 e. The number of hydrogen-bond acceptors (Lipinski definition) is 3. The quantitative estimate of drug-likeness (QED) is 0.873. The largest absolute Gasteiger partial charge is 0.389 e. The molecule has 17 heavy (non-hydrogen) atoms. The molecule has 1 fully saturated rings. The molecule has 0 radical (unpaired) electrons. The van der Waals surface area contributed by atoms with Crippen molar-refractivity contribution >= 4 is 5.82 Å². The molecule has 1 aromatic heterocycles. The van der Waals surface area contributed by atoms with E-state index in [-0.39, 0.29) is 0 Å². The molecule has 1 unspecified atom stereocenters. The van der Waals surface area contributed by atoms with Crippen LogP contribution in [0.25, 0.3) is 0 Å². The van der Waals surface area contributed by atoms with Gasteiger partial charge >= 0.3 is 0 Å². The van der Waals surface area contributed by atoms with E-state index in [2.05, 4.69) is 23.7 Å². The van der Waals surface area contributed by atoms with Crippen LogP contribution in [-0.2, 0) is 0 Å². The lowest BCUT2D eigenvalue weighted by Gasteiger charge is -2.28. The Balaban J connectivity index is 2.16. The Hall–Kier alpha value is -1.09. The molecule has 3 heteroatoms. The van der Waals surface area contributed by atoms with Gasteiger partial charge in [0.05, 0.1) is 6.10 Å². The van der Waals surface area contributed by atoms with Crippen molar-refractivity contribution in [1.29, 1.82) is 0 Å². The van der Waals surface area contributed by atoms with E-state index in [9.17, 15) is 5.11 Å². The molecular weight excluding hydrogens is 212 g/mol. The van der Waals surface area contributed by atoms with Crippen molar-refractivity contribution in [1.82, 2.24) is 4.98 Å². The van der Waals surface area contributed by atoms with Gasteiger partial charge < -0.3 is 10.0 Å². The molecule has 94 valence electrons. The number of aromatic nitrogens is 1. The summed E-state index contributed by atoms with van der Waals surface area (Å²) in [5, 5.41) is 9.47. The Morgan fingerprint density at radius 2 is 2.12 bits per heavy atom. The average molecular weight is 234 g/mol. The van der Waals surface area contributed by atoms with E-state index in [0.29, 0.717) is 12.0 Å². The molecule has 2 heterocycles. The van der Waals surface area contributed by atoms with E-state index in [1.165, 1.54) is 12.8 Å². The molecular formula is C14H22N2O. The third-order valence-electron chi connectivity index (χ3n) is 3.62. The zero-order valence-corrected chi connectivity index (χ0v) is 10.9. The fourth-order valence-electron chi connectivity index (χ4n) is 2.58. The summed E-state index contributed by atoms with van der Waals surface area (Å²) in [7, 11) is 0. The van der Waals surface area contributed by atoms with Crippen LogP contribution in [0.3, 0.4) is 0 Å². The van der Waals surface area contributed by atoms with Gasteiger partial charge in [-0.3, -0.25) is 0 Å². The van der Waals surface area contributed by atoms with E-state index < -0.39 is 6.10 Å². The van der Waals surface area contributed by atoms with Gasteiger partial charge in [0.25, 0.3) is 0 Å². The van der Waals surface area contributed by atoms with Gasteiger partial charge in [-0.25, -0.2) is 4.98 Å². The van der Waals surface area contributed by atoms with E-state index >= 15 is 0 Å². The second kappa shape index (κ2) is 5.05. The molecule has 0 amide bonds. The number of rotatable bonds is 3. The number of pyridine rings is 1. The molecule has 0 aromatic carbocycles. The van der Waals surface area contributed by atoms with Crippen molar-refractivity contribution in [2.75, 3.05) is 11.4 Å². The maximum atomic E-state index is 9.47. The monoisotopic (exact) mass is 234 g/mol. The van der Waals surface area contributed by atoms with Crippen LogP contribution in [0.1, 0.15) is 45.3 Å². The topological polar surface area (TPSA) is 36.4 Å². The second-order valence-electron chi connectivity index (χ2n) is 5.27. The zero-order chi connectivity index (χ0) is 12.4. The summed E-state index contributed by atoms with van der Waals surface area (Å²) in [6, 6.07) is 4.62. The van der Waals surface area contributed by atoms with Crippen molar-refractivity contribution in [2.45, 2.75) is 45.8 Å². The minimum atomic E-state index is -0.434. The van der Waals surface area contributed by atoms with Crippen molar-refractivity contribution in [3.8, 4) is 0 Å². The first kappa shape index (κ1) is 12.4. The first-order valence-corrected chi connectivity index (χ1v) is 6.50. The number of aliphatic hydroxyl groups is 1. The lowest BCUT2D eigenvalue weighted by Crippen LogP contribution is -2.33. The van der Waals surface area contributed by atoms with Crippen LogP contribution in [0.2, 0.25) is 0 Å². The van der Waals surface area contributed by atoms with Gasteiger partial charge in [-0.2, -0.15) is 0 Å². The van der Waals surface area contributed by atoms with Crippen molar-refractivity contribution in [3.63, 3.8) is 0 Å². The molecule has 1 saturated heterocycles. The molecule has 0 bridgehead atoms. The van der Waals surface area contributed by atoms with Crippen LogP contribution in [0.5, 0.6) is 0 Å². The summed E-state index contributed by atoms with van der Waals surface area (Å²) < 4.78 is 0. The lowest BCUT2D eigenvalue weighted by molar-refractivity contribution is 0.199. The van der Waals surface area contributed by atoms with E-state index in [0.717, 1.165) is 17.9 Å². The predicted octanol–water partition coefficient (Wildman–Crippen LogP) is 2.76. The fourth-order valence-corrected chi connectivity index (χ4v) is 2.58. The van der Waals surface area contributed by atoms with Crippen LogP contribution in [-0.4, -0.2) is 22.7 Å². The number of hydrogen-bond donors (Lipinski definition) is 1. The summed E-state index contributed by atoms with van der Waals surface area (Å²) in [5.41, 5.74) is 0.883. The van der Waals surface area contributed by atoms with Gasteiger partial charge in [0.2, 0.25) is 0 Å². The molecule has 3 nitrogen and oxygen atoms in total. The Morgan fingerprint density at radius 3 is 2.65 bits per heavy atom.